The molecule has 0 atom stereocenters. The number of carbonyl (C=O) groups is 1. The van der Waals surface area contributed by atoms with E-state index in [1.807, 2.05) is 0 Å². The summed E-state index contributed by atoms with van der Waals surface area (Å²) in [5, 5.41) is -0.250. The lowest BCUT2D eigenvalue weighted by atomic mass is 10.0. The average molecular weight is 515 g/mol. The summed E-state index contributed by atoms with van der Waals surface area (Å²) in [4.78, 5) is 23.4. The zero-order valence-corrected chi connectivity index (χ0v) is 18.4. The number of H-pyrrole nitrogens is 1. The molecule has 0 bridgehead atoms. The predicted octanol–water partition coefficient (Wildman–Crippen LogP) is 5.32. The number of ketones is 1. The molecule has 0 radical (unpaired) electrons. The van der Waals surface area contributed by atoms with Gasteiger partial charge in [-0.25, -0.2) is 13.4 Å². The molecule has 0 amide bonds. The van der Waals surface area contributed by atoms with Crippen LogP contribution >= 0.6 is 23.2 Å². The minimum Gasteiger partial charge on any atom is -0.346 e. The van der Waals surface area contributed by atoms with E-state index in [1.165, 1.54) is 24.5 Å². The molecular weight excluding hydrogens is 504 g/mol. The van der Waals surface area contributed by atoms with Crippen molar-refractivity contribution >= 4 is 55.7 Å². The minimum atomic E-state index is -4.86. The molecule has 0 saturated carbocycles. The Labute approximate surface area is 194 Å². The molecule has 0 spiro atoms. The Morgan fingerprint density at radius 2 is 1.82 bits per heavy atom. The number of fused-ring (bicyclic) bond motifs is 1. The van der Waals surface area contributed by atoms with Gasteiger partial charge >= 0.3 is 6.18 Å². The first-order valence-corrected chi connectivity index (χ1v) is 11.2. The van der Waals surface area contributed by atoms with E-state index in [-0.39, 0.29) is 22.0 Å². The van der Waals surface area contributed by atoms with E-state index < -0.39 is 37.5 Å². The Morgan fingerprint density at radius 3 is 2.55 bits per heavy atom. The summed E-state index contributed by atoms with van der Waals surface area (Å²) in [6.07, 6.45) is -0.797. The number of rotatable bonds is 5. The number of hydrogen-bond donors (Lipinski definition) is 2. The van der Waals surface area contributed by atoms with E-state index in [1.54, 1.807) is 12.3 Å². The predicted molar refractivity (Wildman–Crippen MR) is 116 cm³/mol. The third kappa shape index (κ3) is 4.39. The molecule has 0 fully saturated rings. The van der Waals surface area contributed by atoms with Crippen molar-refractivity contribution in [2.75, 3.05) is 4.72 Å². The van der Waals surface area contributed by atoms with Gasteiger partial charge in [-0.15, -0.1) is 0 Å². The normalized spacial score (nSPS) is 12.2. The molecule has 3 heterocycles. The van der Waals surface area contributed by atoms with Gasteiger partial charge in [0.15, 0.2) is 0 Å². The van der Waals surface area contributed by atoms with Gasteiger partial charge in [-0.2, -0.15) is 13.2 Å². The van der Waals surface area contributed by atoms with E-state index in [9.17, 15) is 26.4 Å². The third-order valence-corrected chi connectivity index (χ3v) is 6.57. The quantitative estimate of drug-likeness (QED) is 0.351. The molecule has 3 aromatic heterocycles. The monoisotopic (exact) mass is 514 g/mol. The molecule has 0 unspecified atom stereocenters. The number of sulfonamides is 1. The fourth-order valence-corrected chi connectivity index (χ4v) is 4.65. The molecule has 0 saturated heterocycles. The van der Waals surface area contributed by atoms with Gasteiger partial charge in [-0.05, 0) is 36.4 Å². The van der Waals surface area contributed by atoms with Gasteiger partial charge in [0.25, 0.3) is 10.0 Å². The summed E-state index contributed by atoms with van der Waals surface area (Å²) in [7, 11) is -4.55. The molecule has 4 rings (SSSR count). The average Bonchev–Trinajstić information content (AvgIpc) is 3.21. The number of nitrogens with one attached hydrogen (secondary N) is 2. The Kier molecular flexibility index (Phi) is 5.81. The van der Waals surface area contributed by atoms with Gasteiger partial charge in [0.2, 0.25) is 5.78 Å². The summed E-state index contributed by atoms with van der Waals surface area (Å²) in [5.74, 6) is -0.711. The van der Waals surface area contributed by atoms with Crippen LogP contribution in [0.1, 0.15) is 21.6 Å². The van der Waals surface area contributed by atoms with Crippen LogP contribution in [0.2, 0.25) is 10.0 Å². The van der Waals surface area contributed by atoms with Crippen molar-refractivity contribution in [2.45, 2.75) is 11.1 Å². The number of benzene rings is 1. The fourth-order valence-electron chi connectivity index (χ4n) is 3.09. The largest absolute Gasteiger partial charge is 0.417 e. The summed E-state index contributed by atoms with van der Waals surface area (Å²) >= 11 is 11.7. The van der Waals surface area contributed by atoms with E-state index in [0.29, 0.717) is 17.1 Å². The van der Waals surface area contributed by atoms with Crippen LogP contribution < -0.4 is 4.72 Å². The number of nitrogens with zero attached hydrogens (tertiary/aromatic N) is 2. The van der Waals surface area contributed by atoms with Crippen molar-refractivity contribution in [2.24, 2.45) is 0 Å². The van der Waals surface area contributed by atoms with Gasteiger partial charge in [-0.1, -0.05) is 23.2 Å². The SMILES string of the molecule is O=C(c1ncccc1NS(=O)(=O)c1ccc(Cl)c(C(F)(F)F)c1)c1c(Cl)cnc2[nH]ccc12. The number of anilines is 1. The highest BCUT2D eigenvalue weighted by molar-refractivity contribution is 7.92. The minimum absolute atomic E-state index is 0.0130. The van der Waals surface area contributed by atoms with Crippen LogP contribution in [0.15, 0.2) is 59.9 Å². The number of pyridine rings is 2. The van der Waals surface area contributed by atoms with Crippen LogP contribution in [0.25, 0.3) is 11.0 Å². The van der Waals surface area contributed by atoms with E-state index in [0.717, 1.165) is 12.1 Å². The number of alkyl halides is 3. The van der Waals surface area contributed by atoms with Crippen molar-refractivity contribution in [3.8, 4) is 0 Å². The molecule has 170 valence electrons. The van der Waals surface area contributed by atoms with Gasteiger partial charge in [0, 0.05) is 24.0 Å². The molecule has 0 aliphatic carbocycles. The number of halogens is 5. The molecule has 13 heteroatoms. The van der Waals surface area contributed by atoms with Crippen molar-refractivity contribution in [3.05, 3.63) is 81.9 Å². The molecule has 1 aromatic carbocycles. The van der Waals surface area contributed by atoms with Gasteiger partial charge in [0.05, 0.1) is 31.8 Å². The van der Waals surface area contributed by atoms with Crippen molar-refractivity contribution in [1.82, 2.24) is 15.0 Å². The van der Waals surface area contributed by atoms with Crippen molar-refractivity contribution < 1.29 is 26.4 Å². The highest BCUT2D eigenvalue weighted by Crippen LogP contribution is 2.36. The number of carbonyl (C=O) groups excluding carboxylic acids is 1. The molecule has 33 heavy (non-hydrogen) atoms. The van der Waals surface area contributed by atoms with Gasteiger partial charge in [-0.3, -0.25) is 14.5 Å². The standard InChI is InChI=1S/C20H11Cl2F3N4O3S/c21-13-4-3-10(8-12(13)20(23,24)25)33(31,32)29-15-2-1-6-26-17(15)18(30)16-11-5-7-27-19(11)28-9-14(16)22/h1-9,29H,(H,27,28). The highest BCUT2D eigenvalue weighted by atomic mass is 35.5. The molecule has 7 nitrogen and oxygen atoms in total. The Bertz CT molecular complexity index is 1500. The Balaban J connectivity index is 1.77. The number of hydrogen-bond acceptors (Lipinski definition) is 5. The van der Waals surface area contributed by atoms with Gasteiger partial charge in [0.1, 0.15) is 11.3 Å². The van der Waals surface area contributed by atoms with Crippen LogP contribution in [0.4, 0.5) is 18.9 Å². The lowest BCUT2D eigenvalue weighted by Crippen LogP contribution is -2.18. The summed E-state index contributed by atoms with van der Waals surface area (Å²) in [6, 6.07) is 6.33. The summed E-state index contributed by atoms with van der Waals surface area (Å²) in [6.45, 7) is 0. The van der Waals surface area contributed by atoms with Crippen LogP contribution in [0.3, 0.4) is 0 Å². The van der Waals surface area contributed by atoms with Crippen LogP contribution in [-0.4, -0.2) is 29.2 Å². The number of aromatic nitrogens is 3. The van der Waals surface area contributed by atoms with Crippen molar-refractivity contribution in [3.63, 3.8) is 0 Å². The second-order valence-corrected chi connectivity index (χ2v) is 9.19. The third-order valence-electron chi connectivity index (χ3n) is 4.59. The first-order chi connectivity index (χ1) is 15.5. The maximum Gasteiger partial charge on any atom is 0.417 e. The second-order valence-electron chi connectivity index (χ2n) is 6.69. The molecule has 4 aromatic rings. The van der Waals surface area contributed by atoms with Crippen LogP contribution in [0.5, 0.6) is 0 Å². The zero-order chi connectivity index (χ0) is 24.0. The summed E-state index contributed by atoms with van der Waals surface area (Å²) in [5.41, 5.74) is -1.45. The first-order valence-electron chi connectivity index (χ1n) is 9.00. The first kappa shape index (κ1) is 23.0. The Morgan fingerprint density at radius 1 is 1.06 bits per heavy atom. The smallest absolute Gasteiger partial charge is 0.346 e. The zero-order valence-electron chi connectivity index (χ0n) is 16.1. The lowest BCUT2D eigenvalue weighted by molar-refractivity contribution is -0.137. The van der Waals surface area contributed by atoms with E-state index in [4.69, 9.17) is 23.2 Å². The van der Waals surface area contributed by atoms with Gasteiger partial charge < -0.3 is 4.98 Å². The summed E-state index contributed by atoms with van der Waals surface area (Å²) < 4.78 is 67.3. The molecule has 0 aliphatic heterocycles. The molecule has 2 N–H and O–H groups in total. The molecular formula is C20H11Cl2F3N4O3S. The number of aromatic amines is 1. The topological polar surface area (TPSA) is 105 Å². The second kappa shape index (κ2) is 8.32. The van der Waals surface area contributed by atoms with E-state index >= 15 is 0 Å². The Hall–Kier alpha value is -3.15. The van der Waals surface area contributed by atoms with E-state index in [2.05, 4.69) is 19.7 Å². The van der Waals surface area contributed by atoms with Crippen LogP contribution in [-0.2, 0) is 16.2 Å². The molecule has 0 aliphatic rings. The van der Waals surface area contributed by atoms with Crippen LogP contribution in [0, 0.1) is 0 Å². The maximum atomic E-state index is 13.3. The highest BCUT2D eigenvalue weighted by Gasteiger charge is 2.35. The van der Waals surface area contributed by atoms with Crippen molar-refractivity contribution in [1.29, 1.82) is 0 Å². The fraction of sp³-hybridized carbons (Fsp3) is 0.0500. The lowest BCUT2D eigenvalue weighted by Gasteiger charge is -2.14. The maximum absolute atomic E-state index is 13.3.